The standard InChI is InChI=1S/C18H16N2O3S/c21-16(19-11-12-5-7-13(8-6-12)18(22)23)9-10-17-20-14-3-1-2-4-15(14)24-17/h1-8H,9-11H2,(H,19,21)(H,22,23). The number of carboxylic acids is 1. The predicted octanol–water partition coefficient (Wildman–Crippen LogP) is 3.24. The molecule has 122 valence electrons. The summed E-state index contributed by atoms with van der Waals surface area (Å²) in [6.45, 7) is 0.387. The first-order chi connectivity index (χ1) is 11.6. The van der Waals surface area contributed by atoms with Gasteiger partial charge in [-0.25, -0.2) is 9.78 Å². The number of benzene rings is 2. The van der Waals surface area contributed by atoms with Gasteiger partial charge in [0, 0.05) is 19.4 Å². The predicted molar refractivity (Wildman–Crippen MR) is 93.2 cm³/mol. The number of nitrogens with one attached hydrogen (secondary N) is 1. The Morgan fingerprint density at radius 1 is 1.08 bits per heavy atom. The fourth-order valence-electron chi connectivity index (χ4n) is 2.30. The number of fused-ring (bicyclic) bond motifs is 1. The number of rotatable bonds is 6. The molecule has 0 saturated heterocycles. The molecule has 2 aromatic carbocycles. The molecule has 0 aliphatic rings. The third kappa shape index (κ3) is 3.97. The molecule has 5 nitrogen and oxygen atoms in total. The van der Waals surface area contributed by atoms with Crippen LogP contribution in [0, 0.1) is 0 Å². The molecule has 6 heteroatoms. The molecule has 2 N–H and O–H groups in total. The van der Waals surface area contributed by atoms with Crippen molar-refractivity contribution in [1.29, 1.82) is 0 Å². The van der Waals surface area contributed by atoms with Crippen LogP contribution in [0.2, 0.25) is 0 Å². The van der Waals surface area contributed by atoms with E-state index in [1.165, 1.54) is 12.1 Å². The minimum atomic E-state index is -0.957. The normalized spacial score (nSPS) is 10.7. The van der Waals surface area contributed by atoms with E-state index < -0.39 is 5.97 Å². The number of hydrogen-bond acceptors (Lipinski definition) is 4. The van der Waals surface area contributed by atoms with E-state index in [2.05, 4.69) is 10.3 Å². The molecular formula is C18H16N2O3S. The highest BCUT2D eigenvalue weighted by Crippen LogP contribution is 2.22. The molecular weight excluding hydrogens is 324 g/mol. The van der Waals surface area contributed by atoms with E-state index in [1.54, 1.807) is 23.5 Å². The van der Waals surface area contributed by atoms with Crippen LogP contribution < -0.4 is 5.32 Å². The maximum Gasteiger partial charge on any atom is 0.335 e. The van der Waals surface area contributed by atoms with E-state index in [0.717, 1.165) is 20.8 Å². The van der Waals surface area contributed by atoms with Gasteiger partial charge in [-0.2, -0.15) is 0 Å². The summed E-state index contributed by atoms with van der Waals surface area (Å²) in [5, 5.41) is 12.6. The monoisotopic (exact) mass is 340 g/mol. The molecule has 1 amide bonds. The molecule has 1 heterocycles. The minimum absolute atomic E-state index is 0.0448. The van der Waals surface area contributed by atoms with Crippen molar-refractivity contribution in [2.24, 2.45) is 0 Å². The van der Waals surface area contributed by atoms with Crippen molar-refractivity contribution in [2.75, 3.05) is 0 Å². The molecule has 0 spiro atoms. The number of aromatic nitrogens is 1. The average molecular weight is 340 g/mol. The van der Waals surface area contributed by atoms with Crippen molar-refractivity contribution in [3.8, 4) is 0 Å². The number of carbonyl (C=O) groups is 2. The van der Waals surface area contributed by atoms with Gasteiger partial charge >= 0.3 is 5.97 Å². The summed E-state index contributed by atoms with van der Waals surface area (Å²) in [6.07, 6.45) is 0.996. The first-order valence-corrected chi connectivity index (χ1v) is 8.37. The summed E-state index contributed by atoms with van der Waals surface area (Å²) >= 11 is 1.61. The fourth-order valence-corrected chi connectivity index (χ4v) is 3.27. The molecule has 0 saturated carbocycles. The molecule has 0 unspecified atom stereocenters. The maximum atomic E-state index is 12.0. The van der Waals surface area contributed by atoms with E-state index >= 15 is 0 Å². The summed E-state index contributed by atoms with van der Waals surface area (Å²) < 4.78 is 1.13. The Kier molecular flexibility index (Phi) is 4.86. The van der Waals surface area contributed by atoms with Crippen LogP contribution in [0.3, 0.4) is 0 Å². The van der Waals surface area contributed by atoms with Gasteiger partial charge in [-0.1, -0.05) is 24.3 Å². The van der Waals surface area contributed by atoms with Crippen molar-refractivity contribution in [2.45, 2.75) is 19.4 Å². The van der Waals surface area contributed by atoms with Gasteiger partial charge in [0.2, 0.25) is 5.91 Å². The number of carbonyl (C=O) groups excluding carboxylic acids is 1. The Balaban J connectivity index is 1.49. The maximum absolute atomic E-state index is 12.0. The summed E-state index contributed by atoms with van der Waals surface area (Å²) in [7, 11) is 0. The minimum Gasteiger partial charge on any atom is -0.478 e. The fraction of sp³-hybridized carbons (Fsp3) is 0.167. The lowest BCUT2D eigenvalue weighted by atomic mass is 10.1. The van der Waals surface area contributed by atoms with Gasteiger partial charge < -0.3 is 10.4 Å². The highest BCUT2D eigenvalue weighted by molar-refractivity contribution is 7.18. The lowest BCUT2D eigenvalue weighted by molar-refractivity contribution is -0.121. The van der Waals surface area contributed by atoms with Crippen LogP contribution in [-0.4, -0.2) is 22.0 Å². The molecule has 0 atom stereocenters. The second-order valence-electron chi connectivity index (χ2n) is 5.35. The quantitative estimate of drug-likeness (QED) is 0.722. The van der Waals surface area contributed by atoms with Crippen molar-refractivity contribution < 1.29 is 14.7 Å². The summed E-state index contributed by atoms with van der Waals surface area (Å²) in [5.41, 5.74) is 2.07. The second kappa shape index (κ2) is 7.23. The Hall–Kier alpha value is -2.73. The molecule has 0 radical (unpaired) electrons. The molecule has 3 aromatic rings. The highest BCUT2D eigenvalue weighted by atomic mass is 32.1. The number of aromatic carboxylic acids is 1. The first kappa shape index (κ1) is 16.1. The van der Waals surface area contributed by atoms with Crippen LogP contribution in [-0.2, 0) is 17.8 Å². The molecule has 0 aliphatic heterocycles. The molecule has 0 aliphatic carbocycles. The molecule has 0 bridgehead atoms. The topological polar surface area (TPSA) is 79.3 Å². The Labute approximate surface area is 143 Å². The highest BCUT2D eigenvalue weighted by Gasteiger charge is 2.07. The number of nitrogens with zero attached hydrogens (tertiary/aromatic N) is 1. The summed E-state index contributed by atoms with van der Waals surface area (Å²) in [6, 6.07) is 14.4. The van der Waals surface area contributed by atoms with Gasteiger partial charge in [0.1, 0.15) is 0 Å². The van der Waals surface area contributed by atoms with Gasteiger partial charge in [0.15, 0.2) is 0 Å². The van der Waals surface area contributed by atoms with Gasteiger partial charge in [-0.3, -0.25) is 4.79 Å². The third-order valence-corrected chi connectivity index (χ3v) is 4.69. The first-order valence-electron chi connectivity index (χ1n) is 7.55. The number of thiazole rings is 1. The zero-order valence-corrected chi connectivity index (χ0v) is 13.7. The average Bonchev–Trinajstić information content (AvgIpc) is 3.01. The van der Waals surface area contributed by atoms with Crippen LogP contribution in [0.15, 0.2) is 48.5 Å². The van der Waals surface area contributed by atoms with Crippen molar-refractivity contribution in [3.05, 3.63) is 64.7 Å². The lowest BCUT2D eigenvalue weighted by Gasteiger charge is -2.05. The van der Waals surface area contributed by atoms with Gasteiger partial charge in [0.05, 0.1) is 20.8 Å². The van der Waals surface area contributed by atoms with Crippen LogP contribution in [0.1, 0.15) is 27.3 Å². The lowest BCUT2D eigenvalue weighted by Crippen LogP contribution is -2.23. The van der Waals surface area contributed by atoms with E-state index in [4.69, 9.17) is 5.11 Å². The summed E-state index contributed by atoms with van der Waals surface area (Å²) in [5.74, 6) is -1.00. The Morgan fingerprint density at radius 3 is 2.54 bits per heavy atom. The third-order valence-electron chi connectivity index (χ3n) is 3.59. The zero-order valence-electron chi connectivity index (χ0n) is 12.9. The van der Waals surface area contributed by atoms with Crippen LogP contribution in [0.4, 0.5) is 0 Å². The number of carboxylic acid groups (broad SMARTS) is 1. The van der Waals surface area contributed by atoms with Gasteiger partial charge in [-0.05, 0) is 29.8 Å². The largest absolute Gasteiger partial charge is 0.478 e. The zero-order chi connectivity index (χ0) is 16.9. The van der Waals surface area contributed by atoms with E-state index in [9.17, 15) is 9.59 Å². The summed E-state index contributed by atoms with van der Waals surface area (Å²) in [4.78, 5) is 27.3. The molecule has 3 rings (SSSR count). The van der Waals surface area contributed by atoms with E-state index in [-0.39, 0.29) is 11.5 Å². The second-order valence-corrected chi connectivity index (χ2v) is 6.47. The van der Waals surface area contributed by atoms with Gasteiger partial charge in [0.25, 0.3) is 0 Å². The van der Waals surface area contributed by atoms with Crippen molar-refractivity contribution >= 4 is 33.4 Å². The van der Waals surface area contributed by atoms with E-state index in [0.29, 0.717) is 19.4 Å². The number of hydrogen-bond donors (Lipinski definition) is 2. The molecule has 1 aromatic heterocycles. The molecule has 0 fully saturated rings. The van der Waals surface area contributed by atoms with Crippen LogP contribution in [0.5, 0.6) is 0 Å². The Morgan fingerprint density at radius 2 is 1.83 bits per heavy atom. The van der Waals surface area contributed by atoms with Crippen molar-refractivity contribution in [1.82, 2.24) is 10.3 Å². The number of aryl methyl sites for hydroxylation is 1. The molecule has 24 heavy (non-hydrogen) atoms. The van der Waals surface area contributed by atoms with Crippen molar-refractivity contribution in [3.63, 3.8) is 0 Å². The van der Waals surface area contributed by atoms with Crippen LogP contribution >= 0.6 is 11.3 Å². The van der Waals surface area contributed by atoms with Crippen LogP contribution in [0.25, 0.3) is 10.2 Å². The van der Waals surface area contributed by atoms with E-state index in [1.807, 2.05) is 24.3 Å². The number of para-hydroxylation sites is 1. The SMILES string of the molecule is O=C(CCc1nc2ccccc2s1)NCc1ccc(C(=O)O)cc1. The Bertz CT molecular complexity index is 838. The number of amides is 1. The van der Waals surface area contributed by atoms with Gasteiger partial charge in [-0.15, -0.1) is 11.3 Å². The smallest absolute Gasteiger partial charge is 0.335 e.